The number of rotatable bonds is 6. The third kappa shape index (κ3) is 5.25. The van der Waals surface area contributed by atoms with Crippen molar-refractivity contribution >= 4 is 29.1 Å². The molecule has 2 fully saturated rings. The number of amides is 2. The number of nitrogens with one attached hydrogen (secondary N) is 3. The van der Waals surface area contributed by atoms with Crippen molar-refractivity contribution in [3.05, 3.63) is 61.5 Å². The molecule has 0 bridgehead atoms. The molecule has 35 heavy (non-hydrogen) atoms. The van der Waals surface area contributed by atoms with E-state index in [2.05, 4.69) is 27.4 Å². The van der Waals surface area contributed by atoms with Gasteiger partial charge in [-0.05, 0) is 89.1 Å². The summed E-state index contributed by atoms with van der Waals surface area (Å²) < 4.78 is 0. The lowest BCUT2D eigenvalue weighted by Crippen LogP contribution is -2.49. The molecule has 2 aliphatic rings. The number of anilines is 1. The minimum Gasteiger partial charge on any atom is -0.369 e. The first-order valence-electron chi connectivity index (χ1n) is 12.5. The fourth-order valence-electron chi connectivity index (χ4n) is 5.80. The lowest BCUT2D eigenvalue weighted by molar-refractivity contribution is -0.120. The number of hydrogen-bond donors (Lipinski definition) is 3. The quantitative estimate of drug-likeness (QED) is 0.553. The Kier molecular flexibility index (Phi) is 7.27. The Bertz CT molecular complexity index is 1200. The molecule has 1 aliphatic carbocycles. The second kappa shape index (κ2) is 10.1. The molecule has 1 saturated carbocycles. The smallest absolute Gasteiger partial charge is 0.253 e. The highest BCUT2D eigenvalue weighted by Crippen LogP contribution is 2.39. The van der Waals surface area contributed by atoms with Gasteiger partial charge in [0.15, 0.2) is 0 Å². The van der Waals surface area contributed by atoms with Crippen molar-refractivity contribution in [1.29, 1.82) is 0 Å². The highest BCUT2D eigenvalue weighted by atomic mass is 35.5. The van der Waals surface area contributed by atoms with E-state index in [1.54, 1.807) is 6.07 Å². The zero-order valence-corrected chi connectivity index (χ0v) is 21.8. The summed E-state index contributed by atoms with van der Waals surface area (Å²) in [5, 5.41) is 6.63. The number of nitrogens with zero attached hydrogens (tertiary/aromatic N) is 1. The lowest BCUT2D eigenvalue weighted by atomic mass is 9.78. The van der Waals surface area contributed by atoms with Gasteiger partial charge in [0.1, 0.15) is 0 Å². The molecule has 1 aliphatic heterocycles. The normalized spacial score (nSPS) is 21.7. The number of halogens is 1. The van der Waals surface area contributed by atoms with Gasteiger partial charge in [0.25, 0.3) is 11.5 Å². The average Bonchev–Trinajstić information content (AvgIpc) is 3.16. The Labute approximate surface area is 211 Å². The Morgan fingerprint density at radius 3 is 2.46 bits per heavy atom. The van der Waals surface area contributed by atoms with Crippen LogP contribution in [-0.4, -0.2) is 34.9 Å². The molecule has 4 rings (SSSR count). The fourth-order valence-corrected chi connectivity index (χ4v) is 6.02. The van der Waals surface area contributed by atoms with Crippen molar-refractivity contribution in [3.8, 4) is 0 Å². The zero-order chi connectivity index (χ0) is 25.3. The summed E-state index contributed by atoms with van der Waals surface area (Å²) in [6.45, 7) is 8.72. The van der Waals surface area contributed by atoms with E-state index in [4.69, 9.17) is 11.6 Å². The number of pyridine rings is 1. The summed E-state index contributed by atoms with van der Waals surface area (Å²) in [5.74, 6) is -0.0853. The van der Waals surface area contributed by atoms with Gasteiger partial charge >= 0.3 is 0 Å². The van der Waals surface area contributed by atoms with Crippen molar-refractivity contribution < 1.29 is 9.59 Å². The van der Waals surface area contributed by atoms with E-state index in [9.17, 15) is 14.4 Å². The first-order chi connectivity index (χ1) is 16.6. The van der Waals surface area contributed by atoms with Gasteiger partial charge in [-0.2, -0.15) is 0 Å². The molecule has 2 heterocycles. The van der Waals surface area contributed by atoms with Crippen LogP contribution in [0.1, 0.15) is 78.2 Å². The number of carbonyl (C=O) groups excluding carboxylic acids is 2. The maximum absolute atomic E-state index is 13.2. The number of hydrogen-bond acceptors (Lipinski definition) is 4. The minimum absolute atomic E-state index is 0.0344. The van der Waals surface area contributed by atoms with Crippen molar-refractivity contribution in [1.82, 2.24) is 15.6 Å². The third-order valence-electron chi connectivity index (χ3n) is 7.75. The number of H-pyrrole nitrogens is 1. The Balaban J connectivity index is 1.52. The van der Waals surface area contributed by atoms with Crippen LogP contribution in [0.2, 0.25) is 5.02 Å². The van der Waals surface area contributed by atoms with Gasteiger partial charge in [0.2, 0.25) is 5.91 Å². The Hall–Kier alpha value is -2.80. The van der Waals surface area contributed by atoms with Gasteiger partial charge in [-0.3, -0.25) is 14.4 Å². The predicted octanol–water partition coefficient (Wildman–Crippen LogP) is 4.30. The number of aromatic nitrogens is 1. The number of carbonyl (C=O) groups is 2. The highest BCUT2D eigenvalue weighted by molar-refractivity contribution is 6.31. The maximum Gasteiger partial charge on any atom is 0.253 e. The van der Waals surface area contributed by atoms with E-state index in [1.807, 2.05) is 32.9 Å². The Morgan fingerprint density at radius 1 is 1.14 bits per heavy atom. The van der Waals surface area contributed by atoms with Crippen molar-refractivity contribution in [2.75, 3.05) is 11.4 Å². The van der Waals surface area contributed by atoms with Crippen LogP contribution in [0.15, 0.2) is 23.0 Å². The molecule has 1 spiro atoms. The van der Waals surface area contributed by atoms with Crippen LogP contribution in [0, 0.1) is 20.8 Å². The van der Waals surface area contributed by atoms with E-state index in [1.165, 1.54) is 0 Å². The lowest BCUT2D eigenvalue weighted by Gasteiger charge is -2.43. The van der Waals surface area contributed by atoms with Gasteiger partial charge < -0.3 is 20.5 Å². The van der Waals surface area contributed by atoms with E-state index in [-0.39, 0.29) is 29.5 Å². The molecule has 2 amide bonds. The number of benzene rings is 1. The first kappa shape index (κ1) is 25.3. The third-order valence-corrected chi connectivity index (χ3v) is 7.97. The van der Waals surface area contributed by atoms with Crippen LogP contribution in [0.25, 0.3) is 0 Å². The van der Waals surface area contributed by atoms with Crippen molar-refractivity contribution in [3.63, 3.8) is 0 Å². The molecular formula is C27H35ClN4O3. The summed E-state index contributed by atoms with van der Waals surface area (Å²) >= 11 is 6.50. The second-order valence-electron chi connectivity index (χ2n) is 10.1. The van der Waals surface area contributed by atoms with Crippen LogP contribution < -0.4 is 21.1 Å². The molecule has 1 saturated heterocycles. The predicted molar refractivity (Wildman–Crippen MR) is 139 cm³/mol. The van der Waals surface area contributed by atoms with Crippen LogP contribution >= 0.6 is 11.6 Å². The number of aryl methyl sites for hydroxylation is 2. The van der Waals surface area contributed by atoms with Crippen molar-refractivity contribution in [2.45, 2.75) is 84.3 Å². The van der Waals surface area contributed by atoms with Gasteiger partial charge in [0, 0.05) is 58.6 Å². The van der Waals surface area contributed by atoms with Crippen LogP contribution in [-0.2, 0) is 11.3 Å². The van der Waals surface area contributed by atoms with E-state index >= 15 is 0 Å². The molecular weight excluding hydrogens is 464 g/mol. The van der Waals surface area contributed by atoms with Gasteiger partial charge in [-0.25, -0.2) is 0 Å². The summed E-state index contributed by atoms with van der Waals surface area (Å²) in [4.78, 5) is 42.5. The van der Waals surface area contributed by atoms with Crippen LogP contribution in [0.3, 0.4) is 0 Å². The maximum atomic E-state index is 13.2. The van der Waals surface area contributed by atoms with Gasteiger partial charge in [0.05, 0.1) is 0 Å². The van der Waals surface area contributed by atoms with Crippen LogP contribution in [0.4, 0.5) is 5.69 Å². The molecule has 8 heteroatoms. The van der Waals surface area contributed by atoms with Crippen molar-refractivity contribution in [2.24, 2.45) is 0 Å². The largest absolute Gasteiger partial charge is 0.369 e. The topological polar surface area (TPSA) is 94.3 Å². The SMILES string of the molecule is CCN(c1cc(Cl)cc(C(=O)NCc2c(C)cc(C)[nH]c2=O)c1C)[C@H]1CC[C@@]2(CCC(=O)N2)CC1. The van der Waals surface area contributed by atoms with Gasteiger partial charge in [-0.1, -0.05) is 11.6 Å². The standard InChI is InChI=1S/C27H35ClN4O3/c1-5-32(20-6-9-27(10-7-20)11-8-24(33)31-27)23-14-19(28)13-21(18(23)4)25(34)29-15-22-16(2)12-17(3)30-26(22)35/h12-14,20H,5-11,15H2,1-4H3,(H,29,34)(H,30,35)(H,31,33)/t20-,27-. The molecule has 3 N–H and O–H groups in total. The highest BCUT2D eigenvalue weighted by Gasteiger charge is 2.41. The molecule has 7 nitrogen and oxygen atoms in total. The average molecular weight is 499 g/mol. The summed E-state index contributed by atoms with van der Waals surface area (Å²) in [5.41, 5.74) is 4.33. The van der Waals surface area contributed by atoms with E-state index < -0.39 is 0 Å². The van der Waals surface area contributed by atoms with Gasteiger partial charge in [-0.15, -0.1) is 0 Å². The summed E-state index contributed by atoms with van der Waals surface area (Å²) in [6.07, 6.45) is 5.46. The Morgan fingerprint density at radius 2 is 1.86 bits per heavy atom. The summed E-state index contributed by atoms with van der Waals surface area (Å²) in [7, 11) is 0. The monoisotopic (exact) mass is 498 g/mol. The minimum atomic E-state index is -0.252. The molecule has 0 radical (unpaired) electrons. The second-order valence-corrected chi connectivity index (χ2v) is 10.5. The molecule has 0 unspecified atom stereocenters. The van der Waals surface area contributed by atoms with E-state index in [0.717, 1.165) is 61.2 Å². The molecule has 2 aromatic rings. The molecule has 1 aromatic carbocycles. The molecule has 1 aromatic heterocycles. The summed E-state index contributed by atoms with van der Waals surface area (Å²) in [6, 6.07) is 5.86. The van der Waals surface area contributed by atoms with Crippen LogP contribution in [0.5, 0.6) is 0 Å². The fraction of sp³-hybridized carbons (Fsp3) is 0.519. The number of aromatic amines is 1. The van der Waals surface area contributed by atoms with E-state index in [0.29, 0.717) is 28.6 Å². The first-order valence-corrected chi connectivity index (χ1v) is 12.9. The molecule has 188 valence electrons. The molecule has 0 atom stereocenters. The zero-order valence-electron chi connectivity index (χ0n) is 21.0.